The van der Waals surface area contributed by atoms with E-state index in [1.807, 2.05) is 25.1 Å². The topological polar surface area (TPSA) is 83.0 Å². The van der Waals surface area contributed by atoms with Gasteiger partial charge in [0.05, 0.1) is 5.25 Å². The van der Waals surface area contributed by atoms with E-state index >= 15 is 0 Å². The minimum atomic E-state index is -0.358. The Hall–Kier alpha value is -1.73. The first-order valence-corrected chi connectivity index (χ1v) is 10.5. The molecule has 8 heteroatoms. The van der Waals surface area contributed by atoms with Crippen LogP contribution in [0.1, 0.15) is 56.5 Å². The van der Waals surface area contributed by atoms with Gasteiger partial charge in [-0.25, -0.2) is 0 Å². The monoisotopic (exact) mass is 408 g/mol. The summed E-state index contributed by atoms with van der Waals surface area (Å²) in [4.78, 5) is 11.5. The molecule has 1 unspecified atom stereocenters. The minimum Gasteiger partial charge on any atom is -0.485 e. The number of carbonyl (C=O) groups is 1. The van der Waals surface area contributed by atoms with Crippen LogP contribution in [0, 0.1) is 6.92 Å². The zero-order valence-electron chi connectivity index (χ0n) is 15.7. The van der Waals surface area contributed by atoms with Crippen molar-refractivity contribution >= 4 is 29.3 Å². The van der Waals surface area contributed by atoms with Crippen LogP contribution in [0.5, 0.6) is 5.75 Å². The van der Waals surface area contributed by atoms with E-state index in [9.17, 15) is 4.79 Å². The summed E-state index contributed by atoms with van der Waals surface area (Å²) in [5, 5.41) is 9.75. The van der Waals surface area contributed by atoms with Gasteiger partial charge in [-0.15, -0.1) is 10.2 Å². The van der Waals surface area contributed by atoms with Gasteiger partial charge < -0.3 is 10.5 Å². The summed E-state index contributed by atoms with van der Waals surface area (Å²) in [7, 11) is 0. The number of ether oxygens (including phenoxy) is 1. The van der Waals surface area contributed by atoms with E-state index in [0.717, 1.165) is 35.1 Å². The molecule has 3 rings (SSSR count). The summed E-state index contributed by atoms with van der Waals surface area (Å²) in [5.74, 6) is 1.19. The number of thioether (sulfide) groups is 1. The molecular weight excluding hydrogens is 384 g/mol. The van der Waals surface area contributed by atoms with Gasteiger partial charge in [0.25, 0.3) is 0 Å². The van der Waals surface area contributed by atoms with E-state index in [2.05, 4.69) is 14.8 Å². The second-order valence-corrected chi connectivity index (χ2v) is 8.67. The smallest absolute Gasteiger partial charge is 0.230 e. The fourth-order valence-corrected chi connectivity index (χ4v) is 4.44. The van der Waals surface area contributed by atoms with E-state index in [1.165, 1.54) is 31.0 Å². The Morgan fingerprint density at radius 1 is 1.37 bits per heavy atom. The fourth-order valence-electron chi connectivity index (χ4n) is 3.33. The Labute approximate surface area is 168 Å². The predicted octanol–water partition coefficient (Wildman–Crippen LogP) is 4.29. The normalized spacial score (nSPS) is 16.3. The van der Waals surface area contributed by atoms with Gasteiger partial charge >= 0.3 is 0 Å². The number of carbonyl (C=O) groups excluding carboxylic acids is 1. The SMILES string of the molecule is Cc1cc(Cl)ccc1OCc1nnc(SC(C)C(N)=O)n1C1CCCCC1. The van der Waals surface area contributed by atoms with Crippen LogP contribution in [0.2, 0.25) is 5.02 Å². The zero-order chi connectivity index (χ0) is 19.4. The van der Waals surface area contributed by atoms with Crippen LogP contribution in [0.15, 0.2) is 23.4 Å². The maximum absolute atomic E-state index is 11.5. The summed E-state index contributed by atoms with van der Waals surface area (Å²) in [6.07, 6.45) is 5.81. The summed E-state index contributed by atoms with van der Waals surface area (Å²) in [6, 6.07) is 5.88. The van der Waals surface area contributed by atoms with E-state index in [1.54, 1.807) is 6.92 Å². The summed E-state index contributed by atoms with van der Waals surface area (Å²) >= 11 is 7.38. The van der Waals surface area contributed by atoms with Crippen LogP contribution in [0.3, 0.4) is 0 Å². The van der Waals surface area contributed by atoms with Gasteiger partial charge in [-0.2, -0.15) is 0 Å². The van der Waals surface area contributed by atoms with Crippen molar-refractivity contribution in [2.24, 2.45) is 5.73 Å². The lowest BCUT2D eigenvalue weighted by Crippen LogP contribution is -2.24. The number of halogens is 1. The number of nitrogens with two attached hydrogens (primary N) is 1. The van der Waals surface area contributed by atoms with Crippen molar-refractivity contribution in [2.75, 3.05) is 0 Å². The zero-order valence-corrected chi connectivity index (χ0v) is 17.2. The number of rotatable bonds is 7. The van der Waals surface area contributed by atoms with E-state index in [0.29, 0.717) is 17.7 Å². The van der Waals surface area contributed by atoms with Gasteiger partial charge in [0.1, 0.15) is 12.4 Å². The molecule has 0 saturated heterocycles. The molecule has 1 aliphatic carbocycles. The number of primary amides is 1. The predicted molar refractivity (Wildman–Crippen MR) is 107 cm³/mol. The lowest BCUT2D eigenvalue weighted by atomic mass is 9.95. The summed E-state index contributed by atoms with van der Waals surface area (Å²) < 4.78 is 8.14. The molecular formula is C19H25ClN4O2S. The van der Waals surface area contributed by atoms with Crippen LogP contribution >= 0.6 is 23.4 Å². The number of benzene rings is 1. The van der Waals surface area contributed by atoms with Crippen molar-refractivity contribution in [1.29, 1.82) is 0 Å². The first-order chi connectivity index (χ1) is 13.0. The largest absolute Gasteiger partial charge is 0.485 e. The van der Waals surface area contributed by atoms with Crippen LogP contribution in [-0.2, 0) is 11.4 Å². The molecule has 1 aromatic carbocycles. The Kier molecular flexibility index (Phi) is 6.65. The van der Waals surface area contributed by atoms with E-state index in [-0.39, 0.29) is 11.2 Å². The van der Waals surface area contributed by atoms with Crippen LogP contribution in [0.4, 0.5) is 0 Å². The van der Waals surface area contributed by atoms with Crippen molar-refractivity contribution in [1.82, 2.24) is 14.8 Å². The Bertz CT molecular complexity index is 805. The molecule has 1 heterocycles. The molecule has 6 nitrogen and oxygen atoms in total. The number of aromatic nitrogens is 3. The molecule has 2 aromatic rings. The van der Waals surface area contributed by atoms with Crippen molar-refractivity contribution in [2.45, 2.75) is 69.0 Å². The van der Waals surface area contributed by atoms with Crippen molar-refractivity contribution in [3.8, 4) is 5.75 Å². The molecule has 146 valence electrons. The fraction of sp³-hybridized carbons (Fsp3) is 0.526. The number of hydrogen-bond acceptors (Lipinski definition) is 5. The highest BCUT2D eigenvalue weighted by Gasteiger charge is 2.25. The van der Waals surface area contributed by atoms with Gasteiger partial charge in [-0.1, -0.05) is 42.6 Å². The third kappa shape index (κ3) is 4.96. The van der Waals surface area contributed by atoms with Crippen LogP contribution in [0.25, 0.3) is 0 Å². The second kappa shape index (κ2) is 8.97. The molecule has 0 spiro atoms. The van der Waals surface area contributed by atoms with Crippen molar-refractivity contribution in [3.05, 3.63) is 34.6 Å². The molecule has 27 heavy (non-hydrogen) atoms. The van der Waals surface area contributed by atoms with Gasteiger partial charge in [-0.05, 0) is 50.5 Å². The highest BCUT2D eigenvalue weighted by molar-refractivity contribution is 8.00. The maximum atomic E-state index is 11.5. The van der Waals surface area contributed by atoms with Crippen LogP contribution < -0.4 is 10.5 Å². The molecule has 1 fully saturated rings. The second-order valence-electron chi connectivity index (χ2n) is 6.92. The third-order valence-corrected chi connectivity index (χ3v) is 6.16. The van der Waals surface area contributed by atoms with Crippen LogP contribution in [-0.4, -0.2) is 25.9 Å². The van der Waals surface area contributed by atoms with Gasteiger partial charge in [0, 0.05) is 11.1 Å². The number of aryl methyl sites for hydroxylation is 1. The number of nitrogens with zero attached hydrogens (tertiary/aromatic N) is 3. The Morgan fingerprint density at radius 2 is 2.11 bits per heavy atom. The molecule has 2 N–H and O–H groups in total. The first-order valence-electron chi connectivity index (χ1n) is 9.24. The van der Waals surface area contributed by atoms with E-state index < -0.39 is 0 Å². The van der Waals surface area contributed by atoms with Crippen molar-refractivity contribution < 1.29 is 9.53 Å². The Balaban J connectivity index is 1.82. The lowest BCUT2D eigenvalue weighted by molar-refractivity contribution is -0.117. The van der Waals surface area contributed by atoms with Crippen molar-refractivity contribution in [3.63, 3.8) is 0 Å². The summed E-state index contributed by atoms with van der Waals surface area (Å²) in [6.45, 7) is 4.07. The van der Waals surface area contributed by atoms with Gasteiger partial charge in [0.2, 0.25) is 5.91 Å². The molecule has 1 amide bonds. The highest BCUT2D eigenvalue weighted by Crippen LogP contribution is 2.34. The van der Waals surface area contributed by atoms with Gasteiger partial charge in [0.15, 0.2) is 11.0 Å². The highest BCUT2D eigenvalue weighted by atomic mass is 35.5. The van der Waals surface area contributed by atoms with E-state index in [4.69, 9.17) is 22.1 Å². The molecule has 0 aliphatic heterocycles. The average molecular weight is 409 g/mol. The molecule has 0 bridgehead atoms. The average Bonchev–Trinajstić information content (AvgIpc) is 3.04. The molecule has 1 aliphatic rings. The third-order valence-electron chi connectivity index (χ3n) is 4.85. The number of hydrogen-bond donors (Lipinski definition) is 1. The quantitative estimate of drug-likeness (QED) is 0.691. The lowest BCUT2D eigenvalue weighted by Gasteiger charge is -2.26. The standard InChI is InChI=1S/C19H25ClN4O2S/c1-12-10-14(20)8-9-16(12)26-11-17-22-23-19(27-13(2)18(21)25)24(17)15-6-4-3-5-7-15/h8-10,13,15H,3-7,11H2,1-2H3,(H2,21,25). The maximum Gasteiger partial charge on any atom is 0.230 e. The number of amides is 1. The van der Waals surface area contributed by atoms with Gasteiger partial charge in [-0.3, -0.25) is 9.36 Å². The molecule has 0 radical (unpaired) electrons. The summed E-state index contributed by atoms with van der Waals surface area (Å²) in [5.41, 5.74) is 6.41. The molecule has 1 saturated carbocycles. The Morgan fingerprint density at radius 3 is 2.78 bits per heavy atom. The first kappa shape index (κ1) is 20.0. The molecule has 1 atom stereocenters. The minimum absolute atomic E-state index is 0.317. The molecule has 1 aromatic heterocycles.